The molecule has 1 aromatic heterocycles. The van der Waals surface area contributed by atoms with E-state index in [1.807, 2.05) is 43.6 Å². The molecule has 0 aliphatic carbocycles. The lowest BCUT2D eigenvalue weighted by Crippen LogP contribution is -2.31. The van der Waals surface area contributed by atoms with Gasteiger partial charge in [0, 0.05) is 12.4 Å². The molecule has 0 radical (unpaired) electrons. The number of alkyl halides is 3. The van der Waals surface area contributed by atoms with E-state index in [-0.39, 0.29) is 0 Å². The van der Waals surface area contributed by atoms with E-state index in [0.717, 1.165) is 34.4 Å². The highest BCUT2D eigenvalue weighted by Gasteiger charge is 2.41. The van der Waals surface area contributed by atoms with Gasteiger partial charge in [0.05, 0.1) is 18.2 Å². The fourth-order valence-electron chi connectivity index (χ4n) is 4.11. The van der Waals surface area contributed by atoms with E-state index >= 15 is 0 Å². The van der Waals surface area contributed by atoms with Crippen LogP contribution in [-0.4, -0.2) is 22.0 Å². The standard InChI is InChI=1S/C24H23F3N2O2/c1-14-4-5-21(17-6-7-28-12-17)19(8-14)13-29-16(3)22(31-23(29)30)18-9-15(2)10-20(11-18)24(25,26)27/h4-12,16,22,28H,13H2,1-3H3/t16-,22-/m0/s1. The van der Waals surface area contributed by atoms with Gasteiger partial charge < -0.3 is 9.72 Å². The minimum Gasteiger partial charge on any atom is -0.439 e. The normalized spacial score (nSPS) is 19.0. The van der Waals surface area contributed by atoms with Crippen molar-refractivity contribution in [3.05, 3.63) is 82.7 Å². The topological polar surface area (TPSA) is 45.3 Å². The number of cyclic esters (lactones) is 1. The number of hydrogen-bond acceptors (Lipinski definition) is 2. The molecule has 4 rings (SSSR count). The van der Waals surface area contributed by atoms with Crippen molar-refractivity contribution in [3.63, 3.8) is 0 Å². The molecule has 2 atom stereocenters. The van der Waals surface area contributed by atoms with Gasteiger partial charge in [-0.1, -0.05) is 35.4 Å². The largest absolute Gasteiger partial charge is 0.439 e. The summed E-state index contributed by atoms with van der Waals surface area (Å²) in [6, 6.07) is 11.4. The van der Waals surface area contributed by atoms with Gasteiger partial charge in [-0.2, -0.15) is 13.2 Å². The van der Waals surface area contributed by atoms with Gasteiger partial charge in [-0.05, 0) is 61.2 Å². The highest BCUT2D eigenvalue weighted by molar-refractivity contribution is 5.73. The number of aryl methyl sites for hydroxylation is 2. The van der Waals surface area contributed by atoms with Gasteiger partial charge in [-0.25, -0.2) is 4.79 Å². The average molecular weight is 428 g/mol. The first-order valence-corrected chi connectivity index (χ1v) is 10.0. The number of ether oxygens (including phenoxy) is 1. The number of nitrogens with zero attached hydrogens (tertiary/aromatic N) is 1. The number of amides is 1. The Hall–Kier alpha value is -3.22. The molecule has 3 aromatic rings. The van der Waals surface area contributed by atoms with E-state index in [1.54, 1.807) is 24.8 Å². The van der Waals surface area contributed by atoms with Crippen molar-refractivity contribution in [2.75, 3.05) is 0 Å². The van der Waals surface area contributed by atoms with Gasteiger partial charge >= 0.3 is 12.3 Å². The summed E-state index contributed by atoms with van der Waals surface area (Å²) < 4.78 is 45.3. The summed E-state index contributed by atoms with van der Waals surface area (Å²) in [7, 11) is 0. The third-order valence-electron chi connectivity index (χ3n) is 5.66. The van der Waals surface area contributed by atoms with Crippen molar-refractivity contribution < 1.29 is 22.7 Å². The van der Waals surface area contributed by atoms with Crippen molar-refractivity contribution in [1.82, 2.24) is 9.88 Å². The number of hydrogen-bond donors (Lipinski definition) is 1. The summed E-state index contributed by atoms with van der Waals surface area (Å²) in [5, 5.41) is 0. The molecule has 2 heterocycles. The number of aromatic amines is 1. The number of H-pyrrole nitrogens is 1. The van der Waals surface area contributed by atoms with E-state index in [1.165, 1.54) is 0 Å². The first-order chi connectivity index (χ1) is 14.6. The second-order valence-electron chi connectivity index (χ2n) is 8.06. The average Bonchev–Trinajstić information content (AvgIpc) is 3.31. The molecule has 31 heavy (non-hydrogen) atoms. The number of carbonyl (C=O) groups is 1. The lowest BCUT2D eigenvalue weighted by Gasteiger charge is -2.23. The van der Waals surface area contributed by atoms with E-state index in [9.17, 15) is 18.0 Å². The Kier molecular flexibility index (Phi) is 5.29. The van der Waals surface area contributed by atoms with Crippen molar-refractivity contribution in [1.29, 1.82) is 0 Å². The monoisotopic (exact) mass is 428 g/mol. The maximum absolute atomic E-state index is 13.3. The van der Waals surface area contributed by atoms with Crippen LogP contribution < -0.4 is 0 Å². The Bertz CT molecular complexity index is 1110. The summed E-state index contributed by atoms with van der Waals surface area (Å²) >= 11 is 0. The number of carbonyl (C=O) groups excluding carboxylic acids is 1. The Labute approximate surface area is 178 Å². The van der Waals surface area contributed by atoms with Gasteiger partial charge in [-0.3, -0.25) is 4.90 Å². The summed E-state index contributed by atoms with van der Waals surface area (Å²) in [5.41, 5.74) is 4.08. The molecule has 1 aliphatic rings. The van der Waals surface area contributed by atoms with Crippen molar-refractivity contribution in [2.45, 2.75) is 45.6 Å². The molecule has 162 valence electrons. The third kappa shape index (κ3) is 4.17. The minimum atomic E-state index is -4.46. The van der Waals surface area contributed by atoms with Gasteiger partial charge in [0.25, 0.3) is 0 Å². The molecule has 1 fully saturated rings. The molecular formula is C24H23F3N2O2. The van der Waals surface area contributed by atoms with Gasteiger partial charge in [0.2, 0.25) is 0 Å². The van der Waals surface area contributed by atoms with Crippen LogP contribution in [0.2, 0.25) is 0 Å². The second kappa shape index (κ2) is 7.80. The first-order valence-electron chi connectivity index (χ1n) is 10.0. The molecule has 1 amide bonds. The molecule has 4 nitrogen and oxygen atoms in total. The molecule has 2 aromatic carbocycles. The molecular weight excluding hydrogens is 405 g/mol. The van der Waals surface area contributed by atoms with Crippen LogP contribution in [0.5, 0.6) is 0 Å². The molecule has 1 saturated heterocycles. The Morgan fingerprint density at radius 3 is 2.52 bits per heavy atom. The Morgan fingerprint density at radius 2 is 1.84 bits per heavy atom. The zero-order valence-corrected chi connectivity index (χ0v) is 17.5. The number of benzene rings is 2. The van der Waals surface area contributed by atoms with E-state index in [0.29, 0.717) is 17.7 Å². The SMILES string of the molecule is Cc1cc([C@H]2OC(=O)N(Cc3cc(C)ccc3-c3cc[nH]c3)[C@H]2C)cc(C(F)(F)F)c1. The molecule has 1 N–H and O–H groups in total. The van der Waals surface area contributed by atoms with Crippen molar-refractivity contribution in [2.24, 2.45) is 0 Å². The van der Waals surface area contributed by atoms with E-state index in [4.69, 9.17) is 4.74 Å². The fourth-order valence-corrected chi connectivity index (χ4v) is 4.11. The maximum Gasteiger partial charge on any atom is 0.416 e. The summed E-state index contributed by atoms with van der Waals surface area (Å²) in [5.74, 6) is 0. The smallest absolute Gasteiger partial charge is 0.416 e. The van der Waals surface area contributed by atoms with E-state index < -0.39 is 30.0 Å². The number of rotatable bonds is 4. The van der Waals surface area contributed by atoms with Crippen LogP contribution in [0.4, 0.5) is 18.0 Å². The van der Waals surface area contributed by atoms with Gasteiger partial charge in [-0.15, -0.1) is 0 Å². The minimum absolute atomic E-state index is 0.302. The van der Waals surface area contributed by atoms with Crippen molar-refractivity contribution in [3.8, 4) is 11.1 Å². The van der Waals surface area contributed by atoms with Crippen LogP contribution in [0, 0.1) is 13.8 Å². The van der Waals surface area contributed by atoms with Crippen molar-refractivity contribution >= 4 is 6.09 Å². The highest BCUT2D eigenvalue weighted by atomic mass is 19.4. The second-order valence-corrected chi connectivity index (χ2v) is 8.06. The first kappa shape index (κ1) is 21.0. The number of halogens is 3. The van der Waals surface area contributed by atoms with Crippen LogP contribution in [-0.2, 0) is 17.5 Å². The lowest BCUT2D eigenvalue weighted by molar-refractivity contribution is -0.137. The van der Waals surface area contributed by atoms with Gasteiger partial charge in [0.15, 0.2) is 0 Å². The lowest BCUT2D eigenvalue weighted by atomic mass is 9.96. The maximum atomic E-state index is 13.3. The third-order valence-corrected chi connectivity index (χ3v) is 5.66. The quantitative estimate of drug-likeness (QED) is 0.523. The zero-order chi connectivity index (χ0) is 22.3. The number of aromatic nitrogens is 1. The Balaban J connectivity index is 1.65. The molecule has 0 bridgehead atoms. The molecule has 0 spiro atoms. The highest BCUT2D eigenvalue weighted by Crippen LogP contribution is 2.38. The van der Waals surface area contributed by atoms with Crippen LogP contribution in [0.15, 0.2) is 54.9 Å². The van der Waals surface area contributed by atoms with Crippen LogP contribution >= 0.6 is 0 Å². The number of nitrogens with one attached hydrogen (secondary N) is 1. The van der Waals surface area contributed by atoms with E-state index in [2.05, 4.69) is 4.98 Å². The van der Waals surface area contributed by atoms with Crippen LogP contribution in [0.25, 0.3) is 11.1 Å². The predicted octanol–water partition coefficient (Wildman–Crippen LogP) is 6.40. The van der Waals surface area contributed by atoms with Crippen LogP contribution in [0.1, 0.15) is 40.8 Å². The zero-order valence-electron chi connectivity index (χ0n) is 17.5. The molecule has 0 unspecified atom stereocenters. The predicted molar refractivity (Wildman–Crippen MR) is 111 cm³/mol. The molecule has 1 aliphatic heterocycles. The molecule has 0 saturated carbocycles. The fraction of sp³-hybridized carbons (Fsp3) is 0.292. The summed E-state index contributed by atoms with van der Waals surface area (Å²) in [4.78, 5) is 17.3. The Morgan fingerprint density at radius 1 is 1.06 bits per heavy atom. The summed E-state index contributed by atoms with van der Waals surface area (Å²) in [6.07, 6.45) is -2.05. The van der Waals surface area contributed by atoms with Gasteiger partial charge in [0.1, 0.15) is 6.10 Å². The summed E-state index contributed by atoms with van der Waals surface area (Å²) in [6.45, 7) is 5.69. The molecule has 7 heteroatoms. The van der Waals surface area contributed by atoms with Crippen LogP contribution in [0.3, 0.4) is 0 Å².